The number of carbonyl (C=O) groups is 1. The van der Waals surface area contributed by atoms with E-state index in [1.807, 2.05) is 39.8 Å². The predicted molar refractivity (Wildman–Crippen MR) is 95.3 cm³/mol. The first-order chi connectivity index (χ1) is 10.8. The maximum absolute atomic E-state index is 12.4. The van der Waals surface area contributed by atoms with Gasteiger partial charge in [-0.1, -0.05) is 23.8 Å². The minimum absolute atomic E-state index is 0.140. The second kappa shape index (κ2) is 6.86. The highest BCUT2D eigenvalue weighted by molar-refractivity contribution is 5.95. The highest BCUT2D eigenvalue weighted by Crippen LogP contribution is 2.23. The van der Waals surface area contributed by atoms with Crippen LogP contribution in [0.1, 0.15) is 34.7 Å². The molecule has 0 bridgehead atoms. The maximum Gasteiger partial charge on any atom is 0.265 e. The van der Waals surface area contributed by atoms with Crippen LogP contribution in [0.2, 0.25) is 0 Å². The van der Waals surface area contributed by atoms with Crippen molar-refractivity contribution < 1.29 is 9.53 Å². The van der Waals surface area contributed by atoms with Crippen LogP contribution in [0.3, 0.4) is 0 Å². The fourth-order valence-electron chi connectivity index (χ4n) is 2.86. The minimum atomic E-state index is -0.559. The Bertz CT molecular complexity index is 691. The summed E-state index contributed by atoms with van der Waals surface area (Å²) in [6.45, 7) is 11.9. The van der Waals surface area contributed by atoms with Gasteiger partial charge in [-0.15, -0.1) is 0 Å². The first-order valence-electron chi connectivity index (χ1n) is 7.90. The fourth-order valence-corrected chi connectivity index (χ4v) is 2.86. The molecule has 23 heavy (non-hydrogen) atoms. The third kappa shape index (κ3) is 4.35. The third-order valence-electron chi connectivity index (χ3n) is 3.80. The lowest BCUT2D eigenvalue weighted by molar-refractivity contribution is -0.122. The molecule has 0 heterocycles. The third-order valence-corrected chi connectivity index (χ3v) is 3.80. The Morgan fingerprint density at radius 1 is 0.870 bits per heavy atom. The monoisotopic (exact) mass is 311 g/mol. The van der Waals surface area contributed by atoms with Crippen molar-refractivity contribution in [3.05, 3.63) is 58.1 Å². The first-order valence-corrected chi connectivity index (χ1v) is 7.90. The van der Waals surface area contributed by atoms with Crippen molar-refractivity contribution in [1.29, 1.82) is 0 Å². The number of nitrogens with one attached hydrogen (secondary N) is 1. The molecule has 0 unspecified atom stereocenters. The smallest absolute Gasteiger partial charge is 0.265 e. The molecule has 0 saturated heterocycles. The molecule has 0 fully saturated rings. The van der Waals surface area contributed by atoms with Gasteiger partial charge in [0.05, 0.1) is 0 Å². The fraction of sp³-hybridized carbons (Fsp3) is 0.350. The minimum Gasteiger partial charge on any atom is -0.481 e. The van der Waals surface area contributed by atoms with E-state index in [0.29, 0.717) is 0 Å². The summed E-state index contributed by atoms with van der Waals surface area (Å²) in [5, 5.41) is 2.99. The SMILES string of the molecule is Cc1cc(C)cc(O[C@H](C)C(=O)Nc2c(C)cc(C)cc2C)c1. The molecule has 0 saturated carbocycles. The Labute approximate surface area is 138 Å². The predicted octanol–water partition coefficient (Wildman–Crippen LogP) is 4.63. The van der Waals surface area contributed by atoms with E-state index in [4.69, 9.17) is 4.74 Å². The van der Waals surface area contributed by atoms with E-state index in [1.54, 1.807) is 6.92 Å². The van der Waals surface area contributed by atoms with Crippen molar-refractivity contribution in [2.45, 2.75) is 47.6 Å². The molecular formula is C20H25NO2. The standard InChI is InChI=1S/C20H25NO2/c1-12-7-13(2)11-18(10-12)23-17(6)20(22)21-19-15(4)8-14(3)9-16(19)5/h7-11,17H,1-6H3,(H,21,22)/t17-/m1/s1. The van der Waals surface area contributed by atoms with Crippen molar-refractivity contribution in [1.82, 2.24) is 0 Å². The van der Waals surface area contributed by atoms with Gasteiger partial charge in [-0.25, -0.2) is 0 Å². The number of ether oxygens (including phenoxy) is 1. The molecule has 0 aliphatic heterocycles. The number of anilines is 1. The Morgan fingerprint density at radius 2 is 1.35 bits per heavy atom. The van der Waals surface area contributed by atoms with Crippen molar-refractivity contribution in [2.24, 2.45) is 0 Å². The Hall–Kier alpha value is -2.29. The van der Waals surface area contributed by atoms with E-state index in [-0.39, 0.29) is 5.91 Å². The largest absolute Gasteiger partial charge is 0.481 e. The summed E-state index contributed by atoms with van der Waals surface area (Å²) in [4.78, 5) is 12.4. The van der Waals surface area contributed by atoms with Crippen LogP contribution in [0.15, 0.2) is 30.3 Å². The van der Waals surface area contributed by atoms with Gasteiger partial charge < -0.3 is 10.1 Å². The highest BCUT2D eigenvalue weighted by atomic mass is 16.5. The van der Waals surface area contributed by atoms with Gasteiger partial charge in [-0.3, -0.25) is 4.79 Å². The molecule has 1 amide bonds. The van der Waals surface area contributed by atoms with Gasteiger partial charge in [0.15, 0.2) is 6.10 Å². The van der Waals surface area contributed by atoms with Crippen LogP contribution in [0.25, 0.3) is 0 Å². The number of hydrogen-bond donors (Lipinski definition) is 1. The molecule has 0 aromatic heterocycles. The van der Waals surface area contributed by atoms with Crippen LogP contribution in [-0.4, -0.2) is 12.0 Å². The van der Waals surface area contributed by atoms with Gasteiger partial charge in [-0.2, -0.15) is 0 Å². The molecule has 122 valence electrons. The van der Waals surface area contributed by atoms with E-state index in [9.17, 15) is 4.79 Å². The summed E-state index contributed by atoms with van der Waals surface area (Å²) in [6, 6.07) is 10.1. The molecule has 0 aliphatic rings. The van der Waals surface area contributed by atoms with Crippen LogP contribution in [-0.2, 0) is 4.79 Å². The van der Waals surface area contributed by atoms with E-state index < -0.39 is 6.10 Å². The van der Waals surface area contributed by atoms with Gasteiger partial charge in [-0.05, 0) is 75.9 Å². The van der Waals surface area contributed by atoms with Crippen molar-refractivity contribution in [3.8, 4) is 5.75 Å². The number of carbonyl (C=O) groups excluding carboxylic acids is 1. The van der Waals surface area contributed by atoms with Crippen molar-refractivity contribution in [2.75, 3.05) is 5.32 Å². The zero-order valence-corrected chi connectivity index (χ0v) is 14.8. The molecule has 2 aromatic rings. The molecule has 0 radical (unpaired) electrons. The zero-order valence-electron chi connectivity index (χ0n) is 14.8. The van der Waals surface area contributed by atoms with Crippen LogP contribution >= 0.6 is 0 Å². The van der Waals surface area contributed by atoms with E-state index in [0.717, 1.165) is 33.7 Å². The van der Waals surface area contributed by atoms with Gasteiger partial charge >= 0.3 is 0 Å². The summed E-state index contributed by atoms with van der Waals surface area (Å²) < 4.78 is 5.80. The lowest BCUT2D eigenvalue weighted by Gasteiger charge is -2.18. The summed E-state index contributed by atoms with van der Waals surface area (Å²) in [5.41, 5.74) is 6.44. The van der Waals surface area contributed by atoms with Crippen LogP contribution in [0.4, 0.5) is 5.69 Å². The topological polar surface area (TPSA) is 38.3 Å². The lowest BCUT2D eigenvalue weighted by Crippen LogP contribution is -2.30. The van der Waals surface area contributed by atoms with Crippen LogP contribution in [0.5, 0.6) is 5.75 Å². The Kier molecular flexibility index (Phi) is 5.09. The van der Waals surface area contributed by atoms with E-state index >= 15 is 0 Å². The molecule has 3 nitrogen and oxygen atoms in total. The number of amides is 1. The first kappa shape index (κ1) is 17.1. The number of benzene rings is 2. The van der Waals surface area contributed by atoms with E-state index in [2.05, 4.69) is 30.4 Å². The lowest BCUT2D eigenvalue weighted by atomic mass is 10.0. The average Bonchev–Trinajstić information content (AvgIpc) is 2.41. The van der Waals surface area contributed by atoms with E-state index in [1.165, 1.54) is 5.56 Å². The molecule has 0 aliphatic carbocycles. The number of rotatable bonds is 4. The second-order valence-corrected chi connectivity index (χ2v) is 6.35. The number of hydrogen-bond acceptors (Lipinski definition) is 2. The van der Waals surface area contributed by atoms with Crippen molar-refractivity contribution >= 4 is 11.6 Å². The Morgan fingerprint density at radius 3 is 1.87 bits per heavy atom. The highest BCUT2D eigenvalue weighted by Gasteiger charge is 2.17. The molecule has 2 rings (SSSR count). The molecule has 1 N–H and O–H groups in total. The maximum atomic E-state index is 12.4. The van der Waals surface area contributed by atoms with Gasteiger partial charge in [0.2, 0.25) is 0 Å². The quantitative estimate of drug-likeness (QED) is 0.893. The van der Waals surface area contributed by atoms with Crippen molar-refractivity contribution in [3.63, 3.8) is 0 Å². The van der Waals surface area contributed by atoms with Crippen LogP contribution in [0, 0.1) is 34.6 Å². The Balaban J connectivity index is 2.11. The second-order valence-electron chi connectivity index (χ2n) is 6.35. The summed E-state index contributed by atoms with van der Waals surface area (Å²) in [6.07, 6.45) is -0.559. The summed E-state index contributed by atoms with van der Waals surface area (Å²) in [5.74, 6) is 0.585. The molecule has 0 spiro atoms. The summed E-state index contributed by atoms with van der Waals surface area (Å²) >= 11 is 0. The normalized spacial score (nSPS) is 11.9. The zero-order chi connectivity index (χ0) is 17.1. The molecular weight excluding hydrogens is 286 g/mol. The molecule has 3 heteroatoms. The average molecular weight is 311 g/mol. The van der Waals surface area contributed by atoms with Gasteiger partial charge in [0.25, 0.3) is 5.91 Å². The molecule has 2 aromatic carbocycles. The summed E-state index contributed by atoms with van der Waals surface area (Å²) in [7, 11) is 0. The van der Waals surface area contributed by atoms with Gasteiger partial charge in [0, 0.05) is 5.69 Å². The van der Waals surface area contributed by atoms with Crippen LogP contribution < -0.4 is 10.1 Å². The van der Waals surface area contributed by atoms with Gasteiger partial charge in [0.1, 0.15) is 5.75 Å². The number of aryl methyl sites for hydroxylation is 5. The molecule has 1 atom stereocenters.